The zero-order valence-corrected chi connectivity index (χ0v) is 13.8. The minimum atomic E-state index is -0.430. The molecule has 0 aliphatic heterocycles. The summed E-state index contributed by atoms with van der Waals surface area (Å²) in [6.07, 6.45) is 2.91. The molecule has 0 saturated heterocycles. The maximum atomic E-state index is 12.2. The Morgan fingerprint density at radius 1 is 1.52 bits per heavy atom. The molecule has 2 rings (SSSR count). The molecule has 1 aromatic heterocycles. The summed E-state index contributed by atoms with van der Waals surface area (Å²) < 4.78 is 9.29. The summed E-state index contributed by atoms with van der Waals surface area (Å²) in [5.74, 6) is 0. The van der Waals surface area contributed by atoms with Gasteiger partial charge in [0.1, 0.15) is 5.60 Å². The lowest BCUT2D eigenvalue weighted by Gasteiger charge is -2.27. The van der Waals surface area contributed by atoms with E-state index in [1.54, 1.807) is 0 Å². The molecule has 7 heteroatoms. The van der Waals surface area contributed by atoms with Crippen LogP contribution in [0, 0.1) is 0 Å². The van der Waals surface area contributed by atoms with Crippen molar-refractivity contribution >= 4 is 17.6 Å². The van der Waals surface area contributed by atoms with Crippen LogP contribution < -0.4 is 5.32 Å². The smallest absolute Gasteiger partial charge is 0.410 e. The average Bonchev–Trinajstić information content (AvgIpc) is 3.07. The fraction of sp³-hybridized carbons (Fsp3) is 0.786. The van der Waals surface area contributed by atoms with Crippen LogP contribution in [0.25, 0.3) is 0 Å². The van der Waals surface area contributed by atoms with Crippen molar-refractivity contribution in [2.24, 2.45) is 0 Å². The molecular formula is C14H24N4O2S. The second-order valence-corrected chi connectivity index (χ2v) is 6.94. The van der Waals surface area contributed by atoms with Gasteiger partial charge in [0.25, 0.3) is 0 Å². The third kappa shape index (κ3) is 5.97. The summed E-state index contributed by atoms with van der Waals surface area (Å²) in [4.78, 5) is 14.0. The van der Waals surface area contributed by atoms with Crippen LogP contribution in [0.2, 0.25) is 0 Å². The molecule has 0 atom stereocenters. The van der Waals surface area contributed by atoms with E-state index in [4.69, 9.17) is 4.74 Å². The highest BCUT2D eigenvalue weighted by molar-refractivity contribution is 7.03. The number of hydrogen-bond donors (Lipinski definition) is 1. The second kappa shape index (κ2) is 7.17. The van der Waals surface area contributed by atoms with E-state index in [1.165, 1.54) is 11.5 Å². The van der Waals surface area contributed by atoms with Crippen molar-refractivity contribution in [2.45, 2.75) is 58.2 Å². The van der Waals surface area contributed by atoms with Crippen molar-refractivity contribution < 1.29 is 9.53 Å². The fourth-order valence-electron chi connectivity index (χ4n) is 1.98. The van der Waals surface area contributed by atoms with Crippen LogP contribution in [0.4, 0.5) is 4.79 Å². The van der Waals surface area contributed by atoms with Crippen LogP contribution in [0.15, 0.2) is 5.38 Å². The van der Waals surface area contributed by atoms with Gasteiger partial charge >= 0.3 is 6.09 Å². The number of amides is 1. The Morgan fingerprint density at radius 2 is 2.29 bits per heavy atom. The first-order valence-corrected chi connectivity index (χ1v) is 8.25. The van der Waals surface area contributed by atoms with E-state index in [1.807, 2.05) is 31.1 Å². The second-order valence-electron chi connectivity index (χ2n) is 6.33. The normalized spacial score (nSPS) is 15.0. The Hall–Kier alpha value is -1.21. The number of hydrogen-bond acceptors (Lipinski definition) is 6. The molecule has 0 spiro atoms. The zero-order chi connectivity index (χ0) is 15.3. The average molecular weight is 312 g/mol. The van der Waals surface area contributed by atoms with Gasteiger partial charge < -0.3 is 15.0 Å². The van der Waals surface area contributed by atoms with Crippen LogP contribution >= 0.6 is 11.5 Å². The summed E-state index contributed by atoms with van der Waals surface area (Å²) in [5.41, 5.74) is 0.534. The molecule has 1 N–H and O–H groups in total. The highest BCUT2D eigenvalue weighted by atomic mass is 32.1. The molecule has 21 heavy (non-hydrogen) atoms. The molecular weight excluding hydrogens is 288 g/mol. The topological polar surface area (TPSA) is 67.3 Å². The quantitative estimate of drug-likeness (QED) is 0.783. The fourth-order valence-corrected chi connectivity index (χ4v) is 2.43. The predicted molar refractivity (Wildman–Crippen MR) is 82.2 cm³/mol. The van der Waals surface area contributed by atoms with Crippen molar-refractivity contribution in [3.05, 3.63) is 11.1 Å². The third-order valence-electron chi connectivity index (χ3n) is 3.08. The van der Waals surface area contributed by atoms with Gasteiger partial charge in [-0.3, -0.25) is 0 Å². The maximum Gasteiger partial charge on any atom is 0.410 e. The Morgan fingerprint density at radius 3 is 2.86 bits per heavy atom. The number of carbonyl (C=O) groups is 1. The van der Waals surface area contributed by atoms with Gasteiger partial charge in [-0.2, -0.15) is 0 Å². The largest absolute Gasteiger partial charge is 0.444 e. The molecule has 1 aromatic rings. The molecule has 1 amide bonds. The van der Waals surface area contributed by atoms with Crippen molar-refractivity contribution in [1.29, 1.82) is 0 Å². The van der Waals surface area contributed by atoms with Crippen molar-refractivity contribution in [3.8, 4) is 0 Å². The van der Waals surface area contributed by atoms with Gasteiger partial charge in [0.05, 0.1) is 5.69 Å². The summed E-state index contributed by atoms with van der Waals surface area (Å²) >= 11 is 1.36. The molecule has 1 heterocycles. The number of nitrogens with one attached hydrogen (secondary N) is 1. The molecule has 1 aliphatic carbocycles. The highest BCUT2D eigenvalue weighted by Crippen LogP contribution is 2.28. The summed E-state index contributed by atoms with van der Waals surface area (Å²) in [7, 11) is 0. The van der Waals surface area contributed by atoms with Gasteiger partial charge in [-0.15, -0.1) is 5.10 Å². The number of carbonyl (C=O) groups excluding carboxylic acids is 1. The van der Waals surface area contributed by atoms with E-state index in [2.05, 4.69) is 14.9 Å². The summed E-state index contributed by atoms with van der Waals surface area (Å²) in [5, 5.41) is 9.23. The van der Waals surface area contributed by atoms with Crippen LogP contribution in [-0.2, 0) is 11.3 Å². The number of nitrogens with zero attached hydrogens (tertiary/aromatic N) is 3. The molecule has 6 nitrogen and oxygen atoms in total. The summed E-state index contributed by atoms with van der Waals surface area (Å²) in [6.45, 7) is 8.02. The first-order chi connectivity index (χ1) is 9.96. The lowest BCUT2D eigenvalue weighted by molar-refractivity contribution is 0.0232. The minimum Gasteiger partial charge on any atom is -0.444 e. The number of rotatable bonds is 7. The standard InChI is InChI=1S/C14H24N4O2S/c1-14(2,3)20-13(19)18(12-5-6-12)8-4-7-15-9-11-10-21-17-16-11/h10,12,15H,4-9H2,1-3H3. The molecule has 0 unspecified atom stereocenters. The van der Waals surface area contributed by atoms with Gasteiger partial charge in [-0.1, -0.05) is 4.49 Å². The third-order valence-corrected chi connectivity index (χ3v) is 3.63. The lowest BCUT2D eigenvalue weighted by atomic mass is 10.2. The SMILES string of the molecule is CC(C)(C)OC(=O)N(CCCNCc1csnn1)C1CC1. The molecule has 0 bridgehead atoms. The van der Waals surface area contributed by atoms with E-state index < -0.39 is 5.60 Å². The van der Waals surface area contributed by atoms with E-state index in [9.17, 15) is 4.79 Å². The van der Waals surface area contributed by atoms with Crippen molar-refractivity contribution in [3.63, 3.8) is 0 Å². The van der Waals surface area contributed by atoms with Gasteiger partial charge in [-0.25, -0.2) is 4.79 Å². The Labute approximate surface area is 130 Å². The predicted octanol–water partition coefficient (Wildman–Crippen LogP) is 2.42. The molecule has 0 aromatic carbocycles. The van der Waals surface area contributed by atoms with Crippen LogP contribution in [0.3, 0.4) is 0 Å². The Kier molecular flexibility index (Phi) is 5.52. The van der Waals surface area contributed by atoms with E-state index in [-0.39, 0.29) is 6.09 Å². The van der Waals surface area contributed by atoms with Crippen LogP contribution in [0.1, 0.15) is 45.7 Å². The molecule has 0 radical (unpaired) electrons. The Bertz CT molecular complexity index is 440. The molecule has 1 saturated carbocycles. The van der Waals surface area contributed by atoms with Crippen LogP contribution in [0.5, 0.6) is 0 Å². The minimum absolute atomic E-state index is 0.186. The van der Waals surface area contributed by atoms with E-state index >= 15 is 0 Å². The highest BCUT2D eigenvalue weighted by Gasteiger charge is 2.34. The van der Waals surface area contributed by atoms with Gasteiger partial charge in [0.2, 0.25) is 0 Å². The van der Waals surface area contributed by atoms with Crippen molar-refractivity contribution in [1.82, 2.24) is 19.8 Å². The zero-order valence-electron chi connectivity index (χ0n) is 13.0. The molecule has 1 fully saturated rings. The molecule has 118 valence electrons. The first-order valence-electron chi connectivity index (χ1n) is 7.42. The summed E-state index contributed by atoms with van der Waals surface area (Å²) in [6, 6.07) is 0.377. The van der Waals surface area contributed by atoms with E-state index in [0.29, 0.717) is 6.04 Å². The van der Waals surface area contributed by atoms with Gasteiger partial charge in [0.15, 0.2) is 0 Å². The number of aromatic nitrogens is 2. The van der Waals surface area contributed by atoms with Gasteiger partial charge in [-0.05, 0) is 58.1 Å². The maximum absolute atomic E-state index is 12.2. The van der Waals surface area contributed by atoms with Gasteiger partial charge in [0, 0.05) is 24.5 Å². The van der Waals surface area contributed by atoms with Crippen molar-refractivity contribution in [2.75, 3.05) is 13.1 Å². The lowest BCUT2D eigenvalue weighted by Crippen LogP contribution is -2.39. The molecule has 1 aliphatic rings. The van der Waals surface area contributed by atoms with Crippen LogP contribution in [-0.4, -0.2) is 45.3 Å². The number of ether oxygens (including phenoxy) is 1. The van der Waals surface area contributed by atoms with E-state index in [0.717, 1.165) is 44.6 Å². The first kappa shape index (κ1) is 16.2. The Balaban J connectivity index is 1.67. The monoisotopic (exact) mass is 312 g/mol.